The fourth-order valence-electron chi connectivity index (χ4n) is 1.67. The molecule has 0 unspecified atom stereocenters. The standard InChI is InChI=1S/C13H11ClN4O2S2/c1-2-11-17-18-12(22-11)16-10(19)6-21-13-15-8-5-7(14)3-4-9(8)20-13/h3-5H,2,6H2,1H3,(H,16,18,19). The number of anilines is 1. The maximum Gasteiger partial charge on any atom is 0.257 e. The molecule has 0 aliphatic rings. The van der Waals surface area contributed by atoms with Gasteiger partial charge in [0.05, 0.1) is 5.75 Å². The zero-order chi connectivity index (χ0) is 15.5. The highest BCUT2D eigenvalue weighted by Gasteiger charge is 2.11. The lowest BCUT2D eigenvalue weighted by molar-refractivity contribution is -0.113. The molecule has 3 aromatic rings. The van der Waals surface area contributed by atoms with Gasteiger partial charge in [-0.25, -0.2) is 4.98 Å². The number of nitrogens with one attached hydrogen (secondary N) is 1. The number of oxazole rings is 1. The van der Waals surface area contributed by atoms with Crippen molar-refractivity contribution in [3.05, 3.63) is 28.2 Å². The summed E-state index contributed by atoms with van der Waals surface area (Å²) in [6, 6.07) is 5.21. The first-order chi connectivity index (χ1) is 10.6. The Hall–Kier alpha value is -1.64. The lowest BCUT2D eigenvalue weighted by Crippen LogP contribution is -2.13. The third kappa shape index (κ3) is 3.57. The first kappa shape index (κ1) is 15.3. The number of fused-ring (bicyclic) bond motifs is 1. The number of halogens is 1. The Morgan fingerprint density at radius 3 is 3.09 bits per heavy atom. The highest BCUT2D eigenvalue weighted by Crippen LogP contribution is 2.25. The third-order valence-electron chi connectivity index (χ3n) is 2.67. The van der Waals surface area contributed by atoms with Crippen LogP contribution in [0.15, 0.2) is 27.8 Å². The van der Waals surface area contributed by atoms with Crippen LogP contribution in [0.4, 0.5) is 5.13 Å². The molecule has 0 saturated carbocycles. The quantitative estimate of drug-likeness (QED) is 0.705. The van der Waals surface area contributed by atoms with Crippen LogP contribution in [0, 0.1) is 0 Å². The summed E-state index contributed by atoms with van der Waals surface area (Å²) >= 11 is 8.48. The molecule has 2 aromatic heterocycles. The van der Waals surface area contributed by atoms with Crippen molar-refractivity contribution in [2.45, 2.75) is 18.6 Å². The van der Waals surface area contributed by atoms with E-state index in [-0.39, 0.29) is 11.7 Å². The van der Waals surface area contributed by atoms with E-state index >= 15 is 0 Å². The van der Waals surface area contributed by atoms with Crippen molar-refractivity contribution in [2.75, 3.05) is 11.1 Å². The molecule has 6 nitrogen and oxygen atoms in total. The molecule has 0 spiro atoms. The number of thioether (sulfide) groups is 1. The molecule has 0 saturated heterocycles. The van der Waals surface area contributed by atoms with Gasteiger partial charge in [0, 0.05) is 5.02 Å². The average Bonchev–Trinajstić information content (AvgIpc) is 3.10. The predicted octanol–water partition coefficient (Wildman–Crippen LogP) is 3.63. The van der Waals surface area contributed by atoms with Gasteiger partial charge in [-0.15, -0.1) is 10.2 Å². The van der Waals surface area contributed by atoms with E-state index in [0.29, 0.717) is 26.5 Å². The molecular formula is C13H11ClN4O2S2. The van der Waals surface area contributed by atoms with Gasteiger partial charge in [-0.05, 0) is 24.6 Å². The molecule has 2 heterocycles. The molecule has 0 aliphatic carbocycles. The summed E-state index contributed by atoms with van der Waals surface area (Å²) in [6.45, 7) is 1.99. The van der Waals surface area contributed by atoms with Crippen LogP contribution < -0.4 is 5.32 Å². The monoisotopic (exact) mass is 354 g/mol. The van der Waals surface area contributed by atoms with Crippen molar-refractivity contribution < 1.29 is 9.21 Å². The number of aryl methyl sites for hydroxylation is 1. The van der Waals surface area contributed by atoms with E-state index in [9.17, 15) is 4.79 Å². The number of hydrogen-bond donors (Lipinski definition) is 1. The second-order valence-electron chi connectivity index (χ2n) is 4.28. The van der Waals surface area contributed by atoms with Crippen molar-refractivity contribution in [2.24, 2.45) is 0 Å². The Morgan fingerprint density at radius 1 is 1.45 bits per heavy atom. The van der Waals surface area contributed by atoms with Gasteiger partial charge in [0.25, 0.3) is 5.22 Å². The minimum atomic E-state index is -0.177. The molecule has 0 radical (unpaired) electrons. The van der Waals surface area contributed by atoms with Crippen molar-refractivity contribution in [3.8, 4) is 0 Å². The van der Waals surface area contributed by atoms with E-state index in [1.807, 2.05) is 6.92 Å². The molecule has 1 N–H and O–H groups in total. The number of carbonyl (C=O) groups is 1. The Labute approximate surface area is 139 Å². The zero-order valence-electron chi connectivity index (χ0n) is 11.5. The number of carbonyl (C=O) groups excluding carboxylic acids is 1. The Bertz CT molecular complexity index is 817. The van der Waals surface area contributed by atoms with Crippen molar-refractivity contribution >= 4 is 56.8 Å². The minimum Gasteiger partial charge on any atom is -0.431 e. The first-order valence-corrected chi connectivity index (χ1v) is 8.63. The first-order valence-electron chi connectivity index (χ1n) is 6.45. The molecule has 22 heavy (non-hydrogen) atoms. The maximum absolute atomic E-state index is 11.9. The highest BCUT2D eigenvalue weighted by atomic mass is 35.5. The normalized spacial score (nSPS) is 11.0. The molecule has 0 fully saturated rings. The van der Waals surface area contributed by atoms with Crippen LogP contribution in [0.2, 0.25) is 5.02 Å². The second-order valence-corrected chi connectivity index (χ2v) is 6.71. The van der Waals surface area contributed by atoms with Gasteiger partial charge in [-0.2, -0.15) is 0 Å². The number of amides is 1. The molecular weight excluding hydrogens is 344 g/mol. The van der Waals surface area contributed by atoms with Crippen LogP contribution in [-0.2, 0) is 11.2 Å². The van der Waals surface area contributed by atoms with E-state index in [4.69, 9.17) is 16.0 Å². The van der Waals surface area contributed by atoms with Crippen molar-refractivity contribution in [3.63, 3.8) is 0 Å². The van der Waals surface area contributed by atoms with E-state index in [1.54, 1.807) is 18.2 Å². The molecule has 0 aliphatic heterocycles. The topological polar surface area (TPSA) is 80.9 Å². The van der Waals surface area contributed by atoms with Crippen LogP contribution in [0.25, 0.3) is 11.1 Å². The summed E-state index contributed by atoms with van der Waals surface area (Å²) in [5, 5.41) is 13.0. The smallest absolute Gasteiger partial charge is 0.257 e. The number of benzene rings is 1. The van der Waals surface area contributed by atoms with E-state index < -0.39 is 0 Å². The average molecular weight is 355 g/mol. The van der Waals surface area contributed by atoms with Gasteiger partial charge >= 0.3 is 0 Å². The predicted molar refractivity (Wildman–Crippen MR) is 87.7 cm³/mol. The summed E-state index contributed by atoms with van der Waals surface area (Å²) in [6.07, 6.45) is 0.799. The molecule has 0 bridgehead atoms. The van der Waals surface area contributed by atoms with Crippen LogP contribution in [0.5, 0.6) is 0 Å². The molecule has 1 aromatic carbocycles. The largest absolute Gasteiger partial charge is 0.431 e. The van der Waals surface area contributed by atoms with Crippen LogP contribution in [0.1, 0.15) is 11.9 Å². The Balaban J connectivity index is 1.59. The number of aromatic nitrogens is 3. The number of hydrogen-bond acceptors (Lipinski definition) is 7. The van der Waals surface area contributed by atoms with Crippen LogP contribution in [-0.4, -0.2) is 26.8 Å². The van der Waals surface area contributed by atoms with E-state index in [0.717, 1.165) is 11.4 Å². The molecule has 3 rings (SSSR count). The molecule has 0 atom stereocenters. The summed E-state index contributed by atoms with van der Waals surface area (Å²) < 4.78 is 5.53. The molecule has 1 amide bonds. The van der Waals surface area contributed by atoms with Gasteiger partial charge < -0.3 is 4.42 Å². The second kappa shape index (κ2) is 6.64. The summed E-state index contributed by atoms with van der Waals surface area (Å²) in [7, 11) is 0. The summed E-state index contributed by atoms with van der Waals surface area (Å²) in [5.41, 5.74) is 1.32. The van der Waals surface area contributed by atoms with Crippen LogP contribution in [0.3, 0.4) is 0 Å². The minimum absolute atomic E-state index is 0.177. The summed E-state index contributed by atoms with van der Waals surface area (Å²) in [5.74, 6) is 0.00537. The van der Waals surface area contributed by atoms with Gasteiger partial charge in [-0.3, -0.25) is 10.1 Å². The van der Waals surface area contributed by atoms with Gasteiger partial charge in [0.15, 0.2) is 5.58 Å². The number of rotatable bonds is 5. The SMILES string of the molecule is CCc1nnc(NC(=O)CSc2nc3cc(Cl)ccc3o2)s1. The molecule has 114 valence electrons. The third-order valence-corrected chi connectivity index (χ3v) is 4.72. The Kier molecular flexibility index (Phi) is 4.60. The van der Waals surface area contributed by atoms with E-state index in [1.165, 1.54) is 23.1 Å². The fourth-order valence-corrected chi connectivity index (χ4v) is 3.17. The van der Waals surface area contributed by atoms with Crippen molar-refractivity contribution in [1.29, 1.82) is 0 Å². The van der Waals surface area contributed by atoms with Gasteiger partial charge in [0.2, 0.25) is 11.0 Å². The fraction of sp³-hybridized carbons (Fsp3) is 0.231. The lowest BCUT2D eigenvalue weighted by Gasteiger charge is -1.98. The molecule has 9 heteroatoms. The maximum atomic E-state index is 11.9. The number of nitrogens with zero attached hydrogens (tertiary/aromatic N) is 3. The van der Waals surface area contributed by atoms with Gasteiger partial charge in [0.1, 0.15) is 10.5 Å². The Morgan fingerprint density at radius 2 is 2.32 bits per heavy atom. The zero-order valence-corrected chi connectivity index (χ0v) is 13.9. The van der Waals surface area contributed by atoms with Crippen molar-refractivity contribution in [1.82, 2.24) is 15.2 Å². The van der Waals surface area contributed by atoms with Gasteiger partial charge in [-0.1, -0.05) is 41.6 Å². The van der Waals surface area contributed by atoms with Crippen LogP contribution >= 0.6 is 34.7 Å². The van der Waals surface area contributed by atoms with E-state index in [2.05, 4.69) is 20.5 Å². The lowest BCUT2D eigenvalue weighted by atomic mass is 10.3. The summed E-state index contributed by atoms with van der Waals surface area (Å²) in [4.78, 5) is 16.1. The highest BCUT2D eigenvalue weighted by molar-refractivity contribution is 7.99.